The quantitative estimate of drug-likeness (QED) is 0.780. The Morgan fingerprint density at radius 1 is 1.26 bits per heavy atom. The third kappa shape index (κ3) is 3.95. The molecule has 1 fully saturated rings. The first-order valence-electron chi connectivity index (χ1n) is 7.25. The Balaban J connectivity index is 2.03. The number of hydrogen-bond acceptors (Lipinski definition) is 3. The zero-order chi connectivity index (χ0) is 13.7. The van der Waals surface area contributed by atoms with E-state index in [2.05, 4.69) is 36.5 Å². The van der Waals surface area contributed by atoms with Gasteiger partial charge >= 0.3 is 0 Å². The molecule has 0 saturated heterocycles. The van der Waals surface area contributed by atoms with Crippen LogP contribution in [0.4, 0.5) is 0 Å². The van der Waals surface area contributed by atoms with Crippen LogP contribution in [-0.2, 0) is 4.74 Å². The maximum atomic E-state index is 5.78. The predicted octanol–water partition coefficient (Wildman–Crippen LogP) is 3.30. The molecule has 19 heavy (non-hydrogen) atoms. The number of benzene rings is 1. The summed E-state index contributed by atoms with van der Waals surface area (Å²) in [4.78, 5) is 0. The minimum Gasteiger partial charge on any atom is -0.490 e. The molecule has 0 heterocycles. The van der Waals surface area contributed by atoms with E-state index in [0.29, 0.717) is 6.10 Å². The van der Waals surface area contributed by atoms with Crippen molar-refractivity contribution in [1.82, 2.24) is 5.32 Å². The van der Waals surface area contributed by atoms with Crippen LogP contribution >= 0.6 is 0 Å². The molecule has 1 aliphatic carbocycles. The molecule has 0 radical (unpaired) electrons. The predicted molar refractivity (Wildman–Crippen MR) is 77.6 cm³/mol. The van der Waals surface area contributed by atoms with E-state index in [1.54, 1.807) is 7.11 Å². The van der Waals surface area contributed by atoms with Crippen molar-refractivity contribution in [2.45, 2.75) is 50.9 Å². The van der Waals surface area contributed by atoms with Gasteiger partial charge in [-0.3, -0.25) is 0 Å². The zero-order valence-electron chi connectivity index (χ0n) is 12.2. The third-order valence-corrected chi connectivity index (χ3v) is 3.63. The minimum absolute atomic E-state index is 0.213. The van der Waals surface area contributed by atoms with Crippen molar-refractivity contribution in [3.05, 3.63) is 29.8 Å². The summed E-state index contributed by atoms with van der Waals surface area (Å²) in [7, 11) is 3.77. The van der Waals surface area contributed by atoms with Crippen molar-refractivity contribution in [1.29, 1.82) is 0 Å². The largest absolute Gasteiger partial charge is 0.490 e. The zero-order valence-corrected chi connectivity index (χ0v) is 12.2. The fourth-order valence-corrected chi connectivity index (χ4v) is 2.40. The molecule has 3 nitrogen and oxygen atoms in total. The molecule has 1 aliphatic rings. The minimum atomic E-state index is 0.213. The standard InChI is InChI=1S/C16H25NO2/c1-4-5-15(18-3)16(17-2)12-6-8-13(9-7-12)19-14-10-11-14/h6-9,14-17H,4-5,10-11H2,1-3H3. The van der Waals surface area contributed by atoms with Crippen molar-refractivity contribution in [3.8, 4) is 5.75 Å². The van der Waals surface area contributed by atoms with Gasteiger partial charge in [-0.2, -0.15) is 0 Å². The molecule has 2 rings (SSSR count). The lowest BCUT2D eigenvalue weighted by Gasteiger charge is -2.26. The van der Waals surface area contributed by atoms with E-state index in [4.69, 9.17) is 9.47 Å². The SMILES string of the molecule is CCCC(OC)C(NC)c1ccc(OC2CC2)cc1. The second-order valence-corrected chi connectivity index (χ2v) is 5.22. The molecule has 3 heteroatoms. The highest BCUT2D eigenvalue weighted by atomic mass is 16.5. The first-order chi connectivity index (χ1) is 9.28. The molecule has 2 unspecified atom stereocenters. The molecule has 0 aliphatic heterocycles. The highest BCUT2D eigenvalue weighted by Gasteiger charge is 2.24. The van der Waals surface area contributed by atoms with Crippen LogP contribution in [0.2, 0.25) is 0 Å². The van der Waals surface area contributed by atoms with Crippen LogP contribution in [0.15, 0.2) is 24.3 Å². The smallest absolute Gasteiger partial charge is 0.119 e. The summed E-state index contributed by atoms with van der Waals surface area (Å²) in [6.07, 6.45) is 5.25. The fourth-order valence-electron chi connectivity index (χ4n) is 2.40. The molecule has 2 atom stereocenters. The van der Waals surface area contributed by atoms with Gasteiger partial charge in [-0.1, -0.05) is 25.5 Å². The van der Waals surface area contributed by atoms with E-state index < -0.39 is 0 Å². The van der Waals surface area contributed by atoms with Crippen LogP contribution < -0.4 is 10.1 Å². The summed E-state index contributed by atoms with van der Waals surface area (Å²) in [6.45, 7) is 2.19. The number of nitrogens with one attached hydrogen (secondary N) is 1. The molecule has 0 amide bonds. The molecule has 1 N–H and O–H groups in total. The van der Waals surface area contributed by atoms with E-state index in [1.165, 1.54) is 18.4 Å². The van der Waals surface area contributed by atoms with E-state index in [1.807, 2.05) is 7.05 Å². The number of rotatable bonds is 8. The highest BCUT2D eigenvalue weighted by Crippen LogP contribution is 2.28. The van der Waals surface area contributed by atoms with Crippen molar-refractivity contribution in [2.24, 2.45) is 0 Å². The molecule has 1 aromatic rings. The van der Waals surface area contributed by atoms with Gasteiger partial charge in [0, 0.05) is 7.11 Å². The van der Waals surface area contributed by atoms with Crippen LogP contribution in [0, 0.1) is 0 Å². The molecular formula is C16H25NO2. The Hall–Kier alpha value is -1.06. The Kier molecular flexibility index (Phi) is 5.23. The summed E-state index contributed by atoms with van der Waals surface area (Å²) in [5.41, 5.74) is 1.26. The first-order valence-corrected chi connectivity index (χ1v) is 7.25. The summed E-state index contributed by atoms with van der Waals surface area (Å²) < 4.78 is 11.4. The number of likely N-dealkylation sites (N-methyl/N-ethyl adjacent to an activating group) is 1. The average Bonchev–Trinajstić information content (AvgIpc) is 3.24. The maximum absolute atomic E-state index is 5.78. The Labute approximate surface area is 116 Å². The number of hydrogen-bond donors (Lipinski definition) is 1. The van der Waals surface area contributed by atoms with Gasteiger partial charge in [0.25, 0.3) is 0 Å². The summed E-state index contributed by atoms with van der Waals surface area (Å²) in [5.74, 6) is 0.977. The van der Waals surface area contributed by atoms with Crippen LogP contribution in [0.1, 0.15) is 44.2 Å². The van der Waals surface area contributed by atoms with Crippen molar-refractivity contribution >= 4 is 0 Å². The van der Waals surface area contributed by atoms with Crippen molar-refractivity contribution in [3.63, 3.8) is 0 Å². The van der Waals surface area contributed by atoms with Gasteiger partial charge in [-0.25, -0.2) is 0 Å². The fraction of sp³-hybridized carbons (Fsp3) is 0.625. The summed E-state index contributed by atoms with van der Waals surface area (Å²) in [5, 5.41) is 3.36. The Morgan fingerprint density at radius 3 is 2.42 bits per heavy atom. The van der Waals surface area contributed by atoms with Crippen LogP contribution in [0.5, 0.6) is 5.75 Å². The topological polar surface area (TPSA) is 30.5 Å². The van der Waals surface area contributed by atoms with Crippen LogP contribution in [0.3, 0.4) is 0 Å². The molecule has 0 aromatic heterocycles. The van der Waals surface area contributed by atoms with Crippen molar-refractivity contribution < 1.29 is 9.47 Å². The van der Waals surface area contributed by atoms with Crippen LogP contribution in [-0.4, -0.2) is 26.4 Å². The normalized spacial score (nSPS) is 18.1. The molecule has 0 bridgehead atoms. The number of ether oxygens (including phenoxy) is 2. The van der Waals surface area contributed by atoms with Crippen LogP contribution in [0.25, 0.3) is 0 Å². The van der Waals surface area contributed by atoms with Gasteiger partial charge in [-0.05, 0) is 44.0 Å². The summed E-state index contributed by atoms with van der Waals surface area (Å²) in [6, 6.07) is 8.65. The Bertz CT molecular complexity index is 373. The van der Waals surface area contributed by atoms with Gasteiger partial charge in [0.2, 0.25) is 0 Å². The molecular weight excluding hydrogens is 238 g/mol. The lowest BCUT2D eigenvalue weighted by molar-refractivity contribution is 0.0630. The van der Waals surface area contributed by atoms with Gasteiger partial charge < -0.3 is 14.8 Å². The van der Waals surface area contributed by atoms with Gasteiger partial charge in [-0.15, -0.1) is 0 Å². The van der Waals surface area contributed by atoms with Gasteiger partial charge in [0.05, 0.1) is 18.2 Å². The first kappa shape index (κ1) is 14.4. The molecule has 1 saturated carbocycles. The second-order valence-electron chi connectivity index (χ2n) is 5.22. The van der Waals surface area contributed by atoms with Crippen molar-refractivity contribution in [2.75, 3.05) is 14.2 Å². The average molecular weight is 263 g/mol. The highest BCUT2D eigenvalue weighted by molar-refractivity contribution is 5.30. The van der Waals surface area contributed by atoms with E-state index in [-0.39, 0.29) is 12.1 Å². The molecule has 0 spiro atoms. The van der Waals surface area contributed by atoms with E-state index in [0.717, 1.165) is 18.6 Å². The van der Waals surface area contributed by atoms with E-state index >= 15 is 0 Å². The lowest BCUT2D eigenvalue weighted by atomic mass is 9.98. The van der Waals surface area contributed by atoms with E-state index in [9.17, 15) is 0 Å². The monoisotopic (exact) mass is 263 g/mol. The Morgan fingerprint density at radius 2 is 1.95 bits per heavy atom. The maximum Gasteiger partial charge on any atom is 0.119 e. The molecule has 106 valence electrons. The summed E-state index contributed by atoms with van der Waals surface area (Å²) >= 11 is 0. The van der Waals surface area contributed by atoms with Gasteiger partial charge in [0.1, 0.15) is 5.75 Å². The third-order valence-electron chi connectivity index (χ3n) is 3.63. The lowest BCUT2D eigenvalue weighted by Crippen LogP contribution is -2.30. The molecule has 1 aromatic carbocycles. The second kappa shape index (κ2) is 6.92. The number of methoxy groups -OCH3 is 1. The van der Waals surface area contributed by atoms with Gasteiger partial charge in [0.15, 0.2) is 0 Å².